The number of carbonyl (C=O) groups excluding carboxylic acids is 1. The molecule has 8 heteroatoms. The van der Waals surface area contributed by atoms with Gasteiger partial charge >= 0.3 is 6.03 Å². The highest BCUT2D eigenvalue weighted by molar-refractivity contribution is 5.74. The molecule has 8 nitrogen and oxygen atoms in total. The standard InChI is InChI=1S/C20H24N2O6/c1-24-17-8-13(9-18(25-2)19(17)26-3)10-21-20(23)22-11-14-12-27-15-6-4-5-7-16(15)28-14/h4-9,14H,10-12H2,1-3H3,(H2,21,22,23). The number of methoxy groups -OCH3 is 3. The van der Waals surface area contributed by atoms with E-state index in [0.717, 1.165) is 5.56 Å². The Morgan fingerprint density at radius 2 is 1.71 bits per heavy atom. The first-order valence-electron chi connectivity index (χ1n) is 8.83. The Bertz CT molecular complexity index is 801. The third-order valence-corrected chi connectivity index (χ3v) is 4.24. The number of fused-ring (bicyclic) bond motifs is 1. The number of amides is 2. The molecule has 0 saturated carbocycles. The molecule has 0 radical (unpaired) electrons. The van der Waals surface area contributed by atoms with Gasteiger partial charge in [-0.3, -0.25) is 0 Å². The van der Waals surface area contributed by atoms with Crippen LogP contribution in [0.1, 0.15) is 5.56 Å². The lowest BCUT2D eigenvalue weighted by Gasteiger charge is -2.26. The maximum atomic E-state index is 12.1. The molecular weight excluding hydrogens is 364 g/mol. The van der Waals surface area contributed by atoms with E-state index in [9.17, 15) is 4.79 Å². The monoisotopic (exact) mass is 388 g/mol. The molecule has 2 aromatic carbocycles. The number of ether oxygens (including phenoxy) is 5. The fraction of sp³-hybridized carbons (Fsp3) is 0.350. The number of hydrogen-bond donors (Lipinski definition) is 2. The van der Waals surface area contributed by atoms with Crippen molar-refractivity contribution in [3.8, 4) is 28.7 Å². The van der Waals surface area contributed by atoms with Crippen molar-refractivity contribution in [3.05, 3.63) is 42.0 Å². The van der Waals surface area contributed by atoms with Gasteiger partial charge in [0.05, 0.1) is 27.9 Å². The highest BCUT2D eigenvalue weighted by Gasteiger charge is 2.21. The van der Waals surface area contributed by atoms with Crippen molar-refractivity contribution in [2.45, 2.75) is 12.6 Å². The number of urea groups is 1. The molecule has 0 bridgehead atoms. The van der Waals surface area contributed by atoms with E-state index < -0.39 is 0 Å². The van der Waals surface area contributed by atoms with Gasteiger partial charge < -0.3 is 34.3 Å². The zero-order valence-corrected chi connectivity index (χ0v) is 16.1. The molecule has 1 atom stereocenters. The predicted molar refractivity (Wildman–Crippen MR) is 103 cm³/mol. The van der Waals surface area contributed by atoms with Crippen LogP contribution in [-0.2, 0) is 6.54 Å². The van der Waals surface area contributed by atoms with E-state index in [1.54, 1.807) is 33.5 Å². The second-order valence-electron chi connectivity index (χ2n) is 6.09. The van der Waals surface area contributed by atoms with E-state index in [1.807, 2.05) is 24.3 Å². The minimum atomic E-state index is -0.309. The van der Waals surface area contributed by atoms with Crippen LogP contribution >= 0.6 is 0 Å². The highest BCUT2D eigenvalue weighted by Crippen LogP contribution is 2.38. The normalized spacial score (nSPS) is 14.8. The van der Waals surface area contributed by atoms with E-state index in [1.165, 1.54) is 0 Å². The van der Waals surface area contributed by atoms with Gasteiger partial charge in [0.25, 0.3) is 0 Å². The molecule has 1 aliphatic rings. The quantitative estimate of drug-likeness (QED) is 0.757. The molecule has 0 saturated heterocycles. The number of hydrogen-bond acceptors (Lipinski definition) is 6. The van der Waals surface area contributed by atoms with E-state index in [2.05, 4.69) is 10.6 Å². The average molecular weight is 388 g/mol. The summed E-state index contributed by atoms with van der Waals surface area (Å²) in [6.45, 7) is 1.01. The van der Waals surface area contributed by atoms with Gasteiger partial charge in [0.15, 0.2) is 29.1 Å². The summed E-state index contributed by atoms with van der Waals surface area (Å²) in [6.07, 6.45) is -0.248. The van der Waals surface area contributed by atoms with Crippen LogP contribution in [-0.4, -0.2) is 46.6 Å². The highest BCUT2D eigenvalue weighted by atomic mass is 16.6. The number of para-hydroxylation sites is 2. The van der Waals surface area contributed by atoms with Crippen LogP contribution in [0.4, 0.5) is 4.79 Å². The molecule has 2 N–H and O–H groups in total. The number of nitrogens with one attached hydrogen (secondary N) is 2. The van der Waals surface area contributed by atoms with Crippen LogP contribution < -0.4 is 34.3 Å². The van der Waals surface area contributed by atoms with Crippen LogP contribution in [0.2, 0.25) is 0 Å². The topological polar surface area (TPSA) is 87.3 Å². The Morgan fingerprint density at radius 1 is 1.04 bits per heavy atom. The first-order valence-corrected chi connectivity index (χ1v) is 8.83. The van der Waals surface area contributed by atoms with Gasteiger partial charge in [-0.15, -0.1) is 0 Å². The van der Waals surface area contributed by atoms with E-state index in [0.29, 0.717) is 48.4 Å². The van der Waals surface area contributed by atoms with Gasteiger partial charge in [0.2, 0.25) is 5.75 Å². The number of carbonyl (C=O) groups is 1. The van der Waals surface area contributed by atoms with Crippen molar-refractivity contribution < 1.29 is 28.5 Å². The lowest BCUT2D eigenvalue weighted by molar-refractivity contribution is 0.0918. The van der Waals surface area contributed by atoms with Gasteiger partial charge in [-0.1, -0.05) is 12.1 Å². The van der Waals surface area contributed by atoms with Crippen LogP contribution in [0.3, 0.4) is 0 Å². The minimum absolute atomic E-state index is 0.248. The average Bonchev–Trinajstić information content (AvgIpc) is 2.75. The van der Waals surface area contributed by atoms with Crippen molar-refractivity contribution in [3.63, 3.8) is 0 Å². The van der Waals surface area contributed by atoms with Crippen LogP contribution in [0.5, 0.6) is 28.7 Å². The lowest BCUT2D eigenvalue weighted by atomic mass is 10.2. The van der Waals surface area contributed by atoms with Gasteiger partial charge in [-0.2, -0.15) is 0 Å². The largest absolute Gasteiger partial charge is 0.493 e. The molecule has 0 aromatic heterocycles. The maximum Gasteiger partial charge on any atom is 0.315 e. The molecule has 0 spiro atoms. The number of rotatable bonds is 7. The Kier molecular flexibility index (Phi) is 6.31. The fourth-order valence-electron chi connectivity index (χ4n) is 2.85. The second-order valence-corrected chi connectivity index (χ2v) is 6.09. The summed E-state index contributed by atoms with van der Waals surface area (Å²) in [6, 6.07) is 10.7. The molecule has 1 aliphatic heterocycles. The fourth-order valence-corrected chi connectivity index (χ4v) is 2.85. The summed E-state index contributed by atoms with van der Waals surface area (Å²) in [7, 11) is 4.64. The van der Waals surface area contributed by atoms with Crippen molar-refractivity contribution in [1.29, 1.82) is 0 Å². The lowest BCUT2D eigenvalue weighted by Crippen LogP contribution is -2.44. The molecule has 150 valence electrons. The maximum absolute atomic E-state index is 12.1. The van der Waals surface area contributed by atoms with Crippen molar-refractivity contribution in [2.75, 3.05) is 34.5 Å². The zero-order chi connectivity index (χ0) is 19.9. The molecule has 2 amide bonds. The summed E-state index contributed by atoms with van der Waals surface area (Å²) in [4.78, 5) is 12.1. The van der Waals surface area contributed by atoms with Crippen LogP contribution in [0.15, 0.2) is 36.4 Å². The summed E-state index contributed by atoms with van der Waals surface area (Å²) < 4.78 is 27.4. The van der Waals surface area contributed by atoms with Crippen molar-refractivity contribution in [1.82, 2.24) is 10.6 Å². The predicted octanol–water partition coefficient (Wildman–Crippen LogP) is 2.35. The first kappa shape index (κ1) is 19.5. The SMILES string of the molecule is COc1cc(CNC(=O)NCC2COc3ccccc3O2)cc(OC)c1OC. The minimum Gasteiger partial charge on any atom is -0.493 e. The van der Waals surface area contributed by atoms with Crippen molar-refractivity contribution >= 4 is 6.03 Å². The van der Waals surface area contributed by atoms with E-state index >= 15 is 0 Å². The van der Waals surface area contributed by atoms with Crippen LogP contribution in [0, 0.1) is 0 Å². The van der Waals surface area contributed by atoms with Gasteiger partial charge in [0, 0.05) is 6.54 Å². The van der Waals surface area contributed by atoms with Gasteiger partial charge in [-0.05, 0) is 29.8 Å². The first-order chi connectivity index (χ1) is 13.6. The Hall–Kier alpha value is -3.29. The summed E-state index contributed by atoms with van der Waals surface area (Å²) in [5, 5.41) is 5.59. The third kappa shape index (κ3) is 4.51. The van der Waals surface area contributed by atoms with Crippen molar-refractivity contribution in [2.24, 2.45) is 0 Å². The van der Waals surface area contributed by atoms with E-state index in [-0.39, 0.29) is 12.1 Å². The molecule has 28 heavy (non-hydrogen) atoms. The Labute approximate surface area is 163 Å². The summed E-state index contributed by atoms with van der Waals surface area (Å²) >= 11 is 0. The third-order valence-electron chi connectivity index (χ3n) is 4.24. The molecule has 1 heterocycles. The van der Waals surface area contributed by atoms with Gasteiger partial charge in [0.1, 0.15) is 6.61 Å². The molecule has 0 aliphatic carbocycles. The summed E-state index contributed by atoms with van der Waals surface area (Å²) in [5.74, 6) is 2.97. The molecule has 2 aromatic rings. The van der Waals surface area contributed by atoms with Gasteiger partial charge in [-0.25, -0.2) is 4.79 Å². The van der Waals surface area contributed by atoms with Crippen LogP contribution in [0.25, 0.3) is 0 Å². The van der Waals surface area contributed by atoms with E-state index in [4.69, 9.17) is 23.7 Å². The molecule has 1 unspecified atom stereocenters. The molecule has 0 fully saturated rings. The smallest absolute Gasteiger partial charge is 0.315 e. The Balaban J connectivity index is 1.51. The second kappa shape index (κ2) is 9.07. The molecular formula is C20H24N2O6. The Morgan fingerprint density at radius 3 is 2.36 bits per heavy atom. The number of benzene rings is 2. The summed E-state index contributed by atoms with van der Waals surface area (Å²) in [5.41, 5.74) is 0.816. The molecule has 3 rings (SSSR count). The zero-order valence-electron chi connectivity index (χ0n) is 16.1.